The van der Waals surface area contributed by atoms with E-state index >= 15 is 0 Å². The minimum absolute atomic E-state index is 0.126. The number of fused-ring (bicyclic) bond motifs is 1. The molecule has 112 valence electrons. The number of aryl methyl sites for hydroxylation is 1. The van der Waals surface area contributed by atoms with E-state index in [1.807, 2.05) is 10.6 Å². The molecule has 0 atom stereocenters. The first-order valence-electron chi connectivity index (χ1n) is 7.20. The second-order valence-electron chi connectivity index (χ2n) is 5.27. The summed E-state index contributed by atoms with van der Waals surface area (Å²) in [4.78, 5) is 12.3. The summed E-state index contributed by atoms with van der Waals surface area (Å²) in [5.74, 6) is -0.126. The third-order valence-corrected chi connectivity index (χ3v) is 3.62. The first-order chi connectivity index (χ1) is 10.7. The molecule has 2 aromatic heterocycles. The number of carbonyl (C=O) groups is 1. The van der Waals surface area contributed by atoms with Crippen LogP contribution >= 0.6 is 0 Å². The molecular formula is C18H18N2O2. The highest BCUT2D eigenvalue weighted by atomic mass is 16.3. The number of aromatic nitrogens is 1. The third-order valence-electron chi connectivity index (χ3n) is 3.62. The minimum Gasteiger partial charge on any atom is -0.463 e. The summed E-state index contributed by atoms with van der Waals surface area (Å²) in [6, 6.07) is 12.0. The van der Waals surface area contributed by atoms with Crippen molar-refractivity contribution in [2.24, 2.45) is 0 Å². The maximum Gasteiger partial charge on any atom is 0.268 e. The van der Waals surface area contributed by atoms with E-state index < -0.39 is 0 Å². The van der Waals surface area contributed by atoms with Crippen molar-refractivity contribution in [1.82, 2.24) is 9.88 Å². The zero-order valence-corrected chi connectivity index (χ0v) is 12.5. The molecule has 1 aromatic carbocycles. The highest BCUT2D eigenvalue weighted by Gasteiger charge is 2.17. The Morgan fingerprint density at radius 1 is 1.32 bits per heavy atom. The fraction of sp³-hybridized carbons (Fsp3) is 0.167. The summed E-state index contributed by atoms with van der Waals surface area (Å²) in [6.45, 7) is 6.74. The number of rotatable bonds is 5. The molecule has 0 spiro atoms. The molecule has 4 heteroatoms. The number of amides is 1. The monoisotopic (exact) mass is 294 g/mol. The lowest BCUT2D eigenvalue weighted by Crippen LogP contribution is -2.26. The summed E-state index contributed by atoms with van der Waals surface area (Å²) in [7, 11) is 0. The molecule has 2 heterocycles. The molecule has 1 N–H and O–H groups in total. The second-order valence-corrected chi connectivity index (χ2v) is 5.27. The lowest BCUT2D eigenvalue weighted by molar-refractivity contribution is 0.0949. The van der Waals surface area contributed by atoms with Crippen LogP contribution in [0, 0.1) is 6.92 Å². The van der Waals surface area contributed by atoms with Crippen molar-refractivity contribution in [3.63, 3.8) is 0 Å². The number of hydrogen-bond acceptors (Lipinski definition) is 2. The standard InChI is InChI=1S/C18H18N2O2/c1-3-9-19-18(21)16-11-17-15(8-10-22-17)20(16)12-14-6-4-13(2)5-7-14/h3-8,10-11H,1,9,12H2,2H3,(H,19,21). The third kappa shape index (κ3) is 2.68. The average molecular weight is 294 g/mol. The number of nitrogens with one attached hydrogen (secondary N) is 1. The molecule has 0 saturated heterocycles. The molecule has 0 unspecified atom stereocenters. The van der Waals surface area contributed by atoms with Crippen LogP contribution in [-0.4, -0.2) is 17.0 Å². The van der Waals surface area contributed by atoms with Crippen LogP contribution in [0.4, 0.5) is 0 Å². The van der Waals surface area contributed by atoms with Crippen LogP contribution < -0.4 is 5.32 Å². The van der Waals surface area contributed by atoms with Gasteiger partial charge in [-0.1, -0.05) is 35.9 Å². The molecular weight excluding hydrogens is 276 g/mol. The van der Waals surface area contributed by atoms with Crippen molar-refractivity contribution in [2.75, 3.05) is 6.54 Å². The van der Waals surface area contributed by atoms with Crippen molar-refractivity contribution in [1.29, 1.82) is 0 Å². The van der Waals surface area contributed by atoms with Crippen LogP contribution in [0.2, 0.25) is 0 Å². The molecule has 0 aliphatic rings. The Hall–Kier alpha value is -2.75. The molecule has 0 saturated carbocycles. The van der Waals surface area contributed by atoms with Crippen LogP contribution in [-0.2, 0) is 6.54 Å². The Morgan fingerprint density at radius 3 is 2.82 bits per heavy atom. The average Bonchev–Trinajstić information content (AvgIpc) is 3.09. The Balaban J connectivity index is 1.98. The molecule has 0 bridgehead atoms. The van der Waals surface area contributed by atoms with Gasteiger partial charge >= 0.3 is 0 Å². The summed E-state index contributed by atoms with van der Waals surface area (Å²) in [5.41, 5.74) is 4.59. The maximum absolute atomic E-state index is 12.3. The first-order valence-corrected chi connectivity index (χ1v) is 7.20. The van der Waals surface area contributed by atoms with Gasteiger partial charge in [0.15, 0.2) is 5.58 Å². The van der Waals surface area contributed by atoms with Crippen molar-refractivity contribution in [2.45, 2.75) is 13.5 Å². The molecule has 0 radical (unpaired) electrons. The van der Waals surface area contributed by atoms with Gasteiger partial charge in [-0.25, -0.2) is 0 Å². The summed E-state index contributed by atoms with van der Waals surface area (Å²) in [5, 5.41) is 2.82. The fourth-order valence-electron chi connectivity index (χ4n) is 2.47. The maximum atomic E-state index is 12.3. The predicted molar refractivity (Wildman–Crippen MR) is 87.0 cm³/mol. The Morgan fingerprint density at radius 2 is 2.09 bits per heavy atom. The van der Waals surface area contributed by atoms with Gasteiger partial charge in [0.1, 0.15) is 5.69 Å². The predicted octanol–water partition coefficient (Wildman–Crippen LogP) is 3.51. The molecule has 0 aliphatic heterocycles. The van der Waals surface area contributed by atoms with Gasteiger partial charge in [-0.2, -0.15) is 0 Å². The smallest absolute Gasteiger partial charge is 0.268 e. The van der Waals surface area contributed by atoms with Gasteiger partial charge in [0.25, 0.3) is 5.91 Å². The highest BCUT2D eigenvalue weighted by Crippen LogP contribution is 2.22. The van der Waals surface area contributed by atoms with E-state index in [1.54, 1.807) is 18.4 Å². The Labute approximate surface area is 129 Å². The quantitative estimate of drug-likeness (QED) is 0.732. The molecule has 0 fully saturated rings. The number of carbonyl (C=O) groups excluding carboxylic acids is 1. The van der Waals surface area contributed by atoms with Gasteiger partial charge in [-0.05, 0) is 12.5 Å². The fourth-order valence-corrected chi connectivity index (χ4v) is 2.47. The van der Waals surface area contributed by atoms with Gasteiger partial charge in [0.05, 0.1) is 11.8 Å². The molecule has 1 amide bonds. The van der Waals surface area contributed by atoms with Crippen molar-refractivity contribution >= 4 is 17.0 Å². The van der Waals surface area contributed by atoms with Crippen LogP contribution in [0.5, 0.6) is 0 Å². The highest BCUT2D eigenvalue weighted by molar-refractivity contribution is 5.97. The Bertz CT molecular complexity index is 809. The van der Waals surface area contributed by atoms with Gasteiger partial charge < -0.3 is 14.3 Å². The van der Waals surface area contributed by atoms with Crippen molar-refractivity contribution < 1.29 is 9.21 Å². The topological polar surface area (TPSA) is 47.2 Å². The number of benzene rings is 1. The summed E-state index contributed by atoms with van der Waals surface area (Å²) < 4.78 is 7.40. The number of hydrogen-bond donors (Lipinski definition) is 1. The minimum atomic E-state index is -0.126. The van der Waals surface area contributed by atoms with E-state index in [1.165, 1.54) is 5.56 Å². The van der Waals surface area contributed by atoms with Gasteiger partial charge in [-0.3, -0.25) is 4.79 Å². The molecule has 3 rings (SSSR count). The van der Waals surface area contributed by atoms with Crippen LogP contribution in [0.25, 0.3) is 11.1 Å². The Kier molecular flexibility index (Phi) is 3.83. The number of nitrogens with zero attached hydrogens (tertiary/aromatic N) is 1. The van der Waals surface area contributed by atoms with Crippen molar-refractivity contribution in [3.8, 4) is 0 Å². The van der Waals surface area contributed by atoms with E-state index in [4.69, 9.17) is 4.42 Å². The van der Waals surface area contributed by atoms with E-state index in [-0.39, 0.29) is 5.91 Å². The zero-order valence-electron chi connectivity index (χ0n) is 12.5. The van der Waals surface area contributed by atoms with Crippen LogP contribution in [0.1, 0.15) is 21.6 Å². The molecule has 0 aliphatic carbocycles. The van der Waals surface area contributed by atoms with Crippen LogP contribution in [0.15, 0.2) is 59.7 Å². The van der Waals surface area contributed by atoms with E-state index in [0.717, 1.165) is 16.7 Å². The van der Waals surface area contributed by atoms with Crippen molar-refractivity contribution in [3.05, 3.63) is 72.1 Å². The van der Waals surface area contributed by atoms with E-state index in [9.17, 15) is 4.79 Å². The first kappa shape index (κ1) is 14.2. The normalized spacial score (nSPS) is 10.8. The summed E-state index contributed by atoms with van der Waals surface area (Å²) >= 11 is 0. The SMILES string of the molecule is C=CCNC(=O)c1cc2occc2n1Cc1ccc(C)cc1. The van der Waals surface area contributed by atoms with Gasteiger partial charge in [0.2, 0.25) is 0 Å². The summed E-state index contributed by atoms with van der Waals surface area (Å²) in [6.07, 6.45) is 3.30. The zero-order chi connectivity index (χ0) is 15.5. The largest absolute Gasteiger partial charge is 0.463 e. The lowest BCUT2D eigenvalue weighted by Gasteiger charge is -2.10. The van der Waals surface area contributed by atoms with Gasteiger partial charge in [-0.15, -0.1) is 6.58 Å². The number of furan rings is 1. The molecule has 4 nitrogen and oxygen atoms in total. The molecule has 3 aromatic rings. The van der Waals surface area contributed by atoms with Gasteiger partial charge in [0, 0.05) is 25.2 Å². The lowest BCUT2D eigenvalue weighted by atomic mass is 10.1. The molecule has 22 heavy (non-hydrogen) atoms. The van der Waals surface area contributed by atoms with E-state index in [0.29, 0.717) is 18.8 Å². The van der Waals surface area contributed by atoms with Crippen LogP contribution in [0.3, 0.4) is 0 Å². The van der Waals surface area contributed by atoms with E-state index in [2.05, 4.69) is 43.1 Å². The second kappa shape index (κ2) is 5.93.